The summed E-state index contributed by atoms with van der Waals surface area (Å²) in [5, 5.41) is 18.5. The minimum Gasteiger partial charge on any atom is -0.465 e. The van der Waals surface area contributed by atoms with Crippen LogP contribution in [0.3, 0.4) is 0 Å². The highest BCUT2D eigenvalue weighted by Gasteiger charge is 2.19. The summed E-state index contributed by atoms with van der Waals surface area (Å²) in [5.74, 6) is 0.0714. The quantitative estimate of drug-likeness (QED) is 0.471. The van der Waals surface area contributed by atoms with Gasteiger partial charge in [0.1, 0.15) is 11.4 Å². The van der Waals surface area contributed by atoms with Gasteiger partial charge in [-0.1, -0.05) is 19.1 Å². The number of hydrogen-bond acceptors (Lipinski definition) is 6. The Hall–Kier alpha value is -3.99. The third-order valence-electron chi connectivity index (χ3n) is 6.43. The predicted molar refractivity (Wildman–Crippen MR) is 137 cm³/mol. The number of carbonyl (C=O) groups excluding carboxylic acids is 1. The maximum atomic E-state index is 12.6. The van der Waals surface area contributed by atoms with Crippen molar-refractivity contribution in [1.29, 1.82) is 0 Å². The number of ether oxygens (including phenoxy) is 1. The molecular formula is C26H32N6O5. The monoisotopic (exact) mass is 508 g/mol. The average Bonchev–Trinajstić information content (AvgIpc) is 3.38. The number of benzene rings is 1. The summed E-state index contributed by atoms with van der Waals surface area (Å²) >= 11 is 0. The summed E-state index contributed by atoms with van der Waals surface area (Å²) in [6, 6.07) is 6.92. The number of carboxylic acid groups (broad SMARTS) is 1. The first kappa shape index (κ1) is 26.1. The summed E-state index contributed by atoms with van der Waals surface area (Å²) < 4.78 is 8.57. The van der Waals surface area contributed by atoms with Crippen LogP contribution in [0.5, 0.6) is 0 Å². The molecule has 1 N–H and O–H groups in total. The van der Waals surface area contributed by atoms with Crippen LogP contribution in [0.25, 0.3) is 5.69 Å². The highest BCUT2D eigenvalue weighted by Crippen LogP contribution is 2.25. The molecule has 37 heavy (non-hydrogen) atoms. The number of amides is 2. The second-order valence-electron chi connectivity index (χ2n) is 8.95. The van der Waals surface area contributed by atoms with Crippen LogP contribution < -0.4 is 10.3 Å². The molecule has 0 bridgehead atoms. The van der Waals surface area contributed by atoms with Gasteiger partial charge in [0.2, 0.25) is 11.3 Å². The van der Waals surface area contributed by atoms with E-state index in [2.05, 4.69) is 10.2 Å². The Morgan fingerprint density at radius 1 is 1.19 bits per heavy atom. The minimum absolute atomic E-state index is 0.0714. The summed E-state index contributed by atoms with van der Waals surface area (Å²) in [4.78, 5) is 39.9. The molecule has 1 aromatic carbocycles. The van der Waals surface area contributed by atoms with Crippen molar-refractivity contribution in [1.82, 2.24) is 24.5 Å². The van der Waals surface area contributed by atoms with Gasteiger partial charge in [0.15, 0.2) is 0 Å². The van der Waals surface area contributed by atoms with Gasteiger partial charge in [-0.2, -0.15) is 10.2 Å². The molecule has 196 valence electrons. The molecule has 1 aliphatic heterocycles. The molecule has 11 nitrogen and oxygen atoms in total. The molecule has 0 spiro atoms. The fraction of sp³-hybridized carbons (Fsp3) is 0.423. The molecule has 2 amide bonds. The third kappa shape index (κ3) is 6.23. The molecular weight excluding hydrogens is 476 g/mol. The Balaban J connectivity index is 1.49. The highest BCUT2D eigenvalue weighted by molar-refractivity contribution is 5.87. The Morgan fingerprint density at radius 3 is 2.70 bits per heavy atom. The lowest BCUT2D eigenvalue weighted by Crippen LogP contribution is -2.40. The fourth-order valence-corrected chi connectivity index (χ4v) is 4.36. The SMILES string of the molecule is CCCN(C(=O)O)c1cccc(Cc2nn(-c3cnn(CCC(=O)N4CCOCC4)c3)ccc2=O)c1C. The molecule has 4 rings (SSSR count). The van der Waals surface area contributed by atoms with Crippen LogP contribution in [-0.4, -0.2) is 74.4 Å². The molecule has 0 aliphatic carbocycles. The van der Waals surface area contributed by atoms with Crippen molar-refractivity contribution in [2.45, 2.75) is 39.7 Å². The zero-order chi connectivity index (χ0) is 26.4. The predicted octanol–water partition coefficient (Wildman–Crippen LogP) is 2.47. The largest absolute Gasteiger partial charge is 0.465 e. The number of morpholine rings is 1. The standard InChI is InChI=1S/C26H32N6O5/c1-3-9-31(26(35)36)23-6-4-5-20(19(23)2)16-22-24(33)7-11-32(28-22)21-17-27-30(18-21)10-8-25(34)29-12-14-37-15-13-29/h4-7,11,17-18H,3,8-10,12-16H2,1-2H3,(H,35,36). The number of aromatic nitrogens is 4. The van der Waals surface area contributed by atoms with E-state index in [9.17, 15) is 19.5 Å². The number of carbonyl (C=O) groups is 2. The van der Waals surface area contributed by atoms with Crippen molar-refractivity contribution < 1.29 is 19.4 Å². The zero-order valence-corrected chi connectivity index (χ0v) is 21.2. The second kappa shape index (κ2) is 11.8. The molecule has 0 saturated carbocycles. The van der Waals surface area contributed by atoms with Gasteiger partial charge in [-0.3, -0.25) is 19.2 Å². The fourth-order valence-electron chi connectivity index (χ4n) is 4.36. The van der Waals surface area contributed by atoms with Gasteiger partial charge in [0.05, 0.1) is 31.3 Å². The van der Waals surface area contributed by atoms with Crippen molar-refractivity contribution in [3.05, 3.63) is 69.9 Å². The van der Waals surface area contributed by atoms with Crippen molar-refractivity contribution >= 4 is 17.7 Å². The minimum atomic E-state index is -1.01. The third-order valence-corrected chi connectivity index (χ3v) is 6.43. The van der Waals surface area contributed by atoms with Gasteiger partial charge in [-0.05, 0) is 30.5 Å². The van der Waals surface area contributed by atoms with Crippen LogP contribution in [0.2, 0.25) is 0 Å². The number of aryl methyl sites for hydroxylation is 1. The van der Waals surface area contributed by atoms with Crippen LogP contribution in [0.15, 0.2) is 47.7 Å². The molecule has 1 saturated heterocycles. The lowest BCUT2D eigenvalue weighted by molar-refractivity contribution is -0.135. The van der Waals surface area contributed by atoms with Crippen molar-refractivity contribution in [3.8, 4) is 5.69 Å². The van der Waals surface area contributed by atoms with Gasteiger partial charge in [0.25, 0.3) is 0 Å². The molecule has 11 heteroatoms. The Kier molecular flexibility index (Phi) is 8.34. The van der Waals surface area contributed by atoms with Gasteiger partial charge < -0.3 is 14.7 Å². The molecule has 0 unspecified atom stereocenters. The van der Waals surface area contributed by atoms with E-state index in [4.69, 9.17) is 4.74 Å². The average molecular weight is 509 g/mol. The van der Waals surface area contributed by atoms with E-state index >= 15 is 0 Å². The number of anilines is 1. The van der Waals surface area contributed by atoms with Crippen LogP contribution in [0.1, 0.15) is 36.6 Å². The number of rotatable bonds is 9. The molecule has 1 fully saturated rings. The first-order valence-electron chi connectivity index (χ1n) is 12.4. The highest BCUT2D eigenvalue weighted by atomic mass is 16.5. The van der Waals surface area contributed by atoms with E-state index in [0.29, 0.717) is 69.3 Å². The van der Waals surface area contributed by atoms with E-state index in [1.807, 2.05) is 19.9 Å². The van der Waals surface area contributed by atoms with E-state index in [-0.39, 0.29) is 17.8 Å². The van der Waals surface area contributed by atoms with E-state index in [0.717, 1.165) is 11.1 Å². The molecule has 0 atom stereocenters. The van der Waals surface area contributed by atoms with Crippen LogP contribution >= 0.6 is 0 Å². The first-order valence-corrected chi connectivity index (χ1v) is 12.4. The molecule has 3 aromatic rings. The van der Waals surface area contributed by atoms with Crippen LogP contribution in [0, 0.1) is 6.92 Å². The van der Waals surface area contributed by atoms with E-state index < -0.39 is 6.09 Å². The van der Waals surface area contributed by atoms with Gasteiger partial charge in [0, 0.05) is 51.3 Å². The van der Waals surface area contributed by atoms with Crippen LogP contribution in [-0.2, 0) is 22.5 Å². The second-order valence-corrected chi connectivity index (χ2v) is 8.95. The van der Waals surface area contributed by atoms with Crippen molar-refractivity contribution in [3.63, 3.8) is 0 Å². The summed E-state index contributed by atoms with van der Waals surface area (Å²) in [6.45, 7) is 6.97. The van der Waals surface area contributed by atoms with E-state index in [1.165, 1.54) is 11.0 Å². The smallest absolute Gasteiger partial charge is 0.411 e. The van der Waals surface area contributed by atoms with Gasteiger partial charge >= 0.3 is 6.09 Å². The maximum absolute atomic E-state index is 12.6. The van der Waals surface area contributed by atoms with Gasteiger partial charge in [-0.15, -0.1) is 0 Å². The molecule has 2 aromatic heterocycles. The summed E-state index contributed by atoms with van der Waals surface area (Å²) in [6.07, 6.45) is 5.30. The number of nitrogens with zero attached hydrogens (tertiary/aromatic N) is 6. The number of hydrogen-bond donors (Lipinski definition) is 1. The Labute approximate surface area is 214 Å². The lowest BCUT2D eigenvalue weighted by Gasteiger charge is -2.26. The topological polar surface area (TPSA) is 123 Å². The Bertz CT molecular complexity index is 1310. The molecule has 1 aliphatic rings. The summed E-state index contributed by atoms with van der Waals surface area (Å²) in [5.41, 5.74) is 3.05. The first-order chi connectivity index (χ1) is 17.9. The van der Waals surface area contributed by atoms with Crippen molar-refractivity contribution in [2.24, 2.45) is 0 Å². The molecule has 3 heterocycles. The van der Waals surface area contributed by atoms with Gasteiger partial charge in [-0.25, -0.2) is 9.48 Å². The maximum Gasteiger partial charge on any atom is 0.411 e. The lowest BCUT2D eigenvalue weighted by atomic mass is 10.0. The van der Waals surface area contributed by atoms with Crippen LogP contribution in [0.4, 0.5) is 10.5 Å². The molecule has 0 radical (unpaired) electrons. The van der Waals surface area contributed by atoms with E-state index in [1.54, 1.807) is 45.0 Å². The zero-order valence-electron chi connectivity index (χ0n) is 21.2. The summed E-state index contributed by atoms with van der Waals surface area (Å²) in [7, 11) is 0. The Morgan fingerprint density at radius 2 is 1.97 bits per heavy atom. The normalized spacial score (nSPS) is 13.5. The van der Waals surface area contributed by atoms with Crippen molar-refractivity contribution in [2.75, 3.05) is 37.7 Å².